The molecular formula is C15H19BrN2S. The number of halogens is 1. The van der Waals surface area contributed by atoms with E-state index in [4.69, 9.17) is 4.98 Å². The first-order valence-corrected chi connectivity index (χ1v) is 8.95. The molecule has 0 bridgehead atoms. The topological polar surface area (TPSA) is 16.1 Å². The maximum absolute atomic E-state index is 4.77. The lowest BCUT2D eigenvalue weighted by atomic mass is 10.1. The van der Waals surface area contributed by atoms with Crippen molar-refractivity contribution in [2.24, 2.45) is 0 Å². The van der Waals surface area contributed by atoms with E-state index in [9.17, 15) is 0 Å². The van der Waals surface area contributed by atoms with Crippen molar-refractivity contribution >= 4 is 37.5 Å². The van der Waals surface area contributed by atoms with Crippen LogP contribution >= 0.6 is 27.3 Å². The fourth-order valence-corrected chi connectivity index (χ4v) is 4.51. The summed E-state index contributed by atoms with van der Waals surface area (Å²) in [7, 11) is 0. The zero-order valence-electron chi connectivity index (χ0n) is 11.0. The molecule has 0 N–H and O–H groups in total. The van der Waals surface area contributed by atoms with Crippen LogP contribution in [0.3, 0.4) is 0 Å². The van der Waals surface area contributed by atoms with Gasteiger partial charge in [0.1, 0.15) is 5.01 Å². The Balaban J connectivity index is 1.78. The number of likely N-dealkylation sites (tertiary alicyclic amines) is 1. The lowest BCUT2D eigenvalue weighted by Gasteiger charge is -2.27. The molecular weight excluding hydrogens is 320 g/mol. The predicted octanol–water partition coefficient (Wildman–Crippen LogP) is 4.44. The van der Waals surface area contributed by atoms with Crippen molar-refractivity contribution in [3.8, 4) is 0 Å². The van der Waals surface area contributed by atoms with E-state index in [2.05, 4.69) is 45.1 Å². The van der Waals surface area contributed by atoms with Gasteiger partial charge in [-0.15, -0.1) is 11.3 Å². The predicted molar refractivity (Wildman–Crippen MR) is 86.1 cm³/mol. The summed E-state index contributed by atoms with van der Waals surface area (Å²) in [6.07, 6.45) is 5.39. The minimum atomic E-state index is 0.675. The van der Waals surface area contributed by atoms with Crippen LogP contribution in [-0.2, 0) is 6.54 Å². The summed E-state index contributed by atoms with van der Waals surface area (Å²) < 4.78 is 1.31. The van der Waals surface area contributed by atoms with Crippen molar-refractivity contribution in [1.29, 1.82) is 0 Å². The molecule has 1 fully saturated rings. The Hall–Kier alpha value is -0.450. The minimum absolute atomic E-state index is 0.675. The largest absolute Gasteiger partial charge is 0.293 e. The molecule has 1 aromatic carbocycles. The van der Waals surface area contributed by atoms with Gasteiger partial charge >= 0.3 is 0 Å². The summed E-state index contributed by atoms with van der Waals surface area (Å²) in [5.74, 6) is 0. The molecule has 0 radical (unpaired) electrons. The Morgan fingerprint density at radius 1 is 1.26 bits per heavy atom. The second-order valence-corrected chi connectivity index (χ2v) is 6.97. The third kappa shape index (κ3) is 3.18. The minimum Gasteiger partial charge on any atom is -0.293 e. The van der Waals surface area contributed by atoms with Crippen LogP contribution in [0.15, 0.2) is 24.3 Å². The van der Waals surface area contributed by atoms with Gasteiger partial charge in [-0.2, -0.15) is 0 Å². The van der Waals surface area contributed by atoms with Crippen molar-refractivity contribution in [2.75, 3.05) is 11.9 Å². The van der Waals surface area contributed by atoms with E-state index in [1.165, 1.54) is 41.9 Å². The van der Waals surface area contributed by atoms with Gasteiger partial charge in [-0.3, -0.25) is 4.90 Å². The molecule has 4 heteroatoms. The highest BCUT2D eigenvalue weighted by atomic mass is 79.9. The van der Waals surface area contributed by atoms with Gasteiger partial charge < -0.3 is 0 Å². The quantitative estimate of drug-likeness (QED) is 0.769. The first kappa shape index (κ1) is 13.5. The van der Waals surface area contributed by atoms with Crippen LogP contribution in [0.2, 0.25) is 0 Å². The molecule has 0 aliphatic carbocycles. The van der Waals surface area contributed by atoms with Gasteiger partial charge in [-0.25, -0.2) is 4.98 Å². The molecule has 0 amide bonds. The van der Waals surface area contributed by atoms with Crippen molar-refractivity contribution in [1.82, 2.24) is 9.88 Å². The molecule has 1 saturated heterocycles. The Kier molecular flexibility index (Phi) is 4.51. The number of aromatic nitrogens is 1. The first-order valence-electron chi connectivity index (χ1n) is 7.01. The fourth-order valence-electron chi connectivity index (χ4n) is 2.78. The van der Waals surface area contributed by atoms with Gasteiger partial charge in [-0.1, -0.05) is 40.9 Å². The molecule has 1 atom stereocenters. The Bertz CT molecular complexity index is 507. The summed E-state index contributed by atoms with van der Waals surface area (Å²) in [5, 5.41) is 2.34. The smallest absolute Gasteiger partial charge is 0.108 e. The number of hydrogen-bond donors (Lipinski definition) is 0. The Labute approximate surface area is 127 Å². The molecule has 2 aromatic rings. The second kappa shape index (κ2) is 6.33. The molecule has 1 aliphatic rings. The average Bonchev–Trinajstić information content (AvgIpc) is 2.70. The maximum Gasteiger partial charge on any atom is 0.108 e. The van der Waals surface area contributed by atoms with Crippen LogP contribution in [0, 0.1) is 0 Å². The van der Waals surface area contributed by atoms with Crippen LogP contribution in [0.1, 0.15) is 30.7 Å². The highest BCUT2D eigenvalue weighted by Gasteiger charge is 2.21. The molecule has 0 saturated carbocycles. The van der Waals surface area contributed by atoms with E-state index < -0.39 is 0 Å². The SMILES string of the molecule is BrCC1CCCCCN1Cc1nc2ccccc2s1. The van der Waals surface area contributed by atoms with E-state index in [0.717, 1.165) is 17.4 Å². The number of fused-ring (bicyclic) bond motifs is 1. The number of hydrogen-bond acceptors (Lipinski definition) is 3. The lowest BCUT2D eigenvalue weighted by Crippen LogP contribution is -2.35. The van der Waals surface area contributed by atoms with Crippen LogP contribution in [-0.4, -0.2) is 27.8 Å². The van der Waals surface area contributed by atoms with Crippen LogP contribution in [0.4, 0.5) is 0 Å². The summed E-state index contributed by atoms with van der Waals surface area (Å²) in [4.78, 5) is 7.38. The van der Waals surface area contributed by atoms with Crippen LogP contribution in [0.25, 0.3) is 10.2 Å². The monoisotopic (exact) mass is 338 g/mol. The summed E-state index contributed by atoms with van der Waals surface area (Å²) in [6, 6.07) is 9.12. The van der Waals surface area contributed by atoms with Gasteiger partial charge in [0, 0.05) is 11.4 Å². The molecule has 102 valence electrons. The van der Waals surface area contributed by atoms with E-state index in [1.54, 1.807) is 0 Å². The zero-order valence-corrected chi connectivity index (χ0v) is 13.4. The molecule has 1 aliphatic heterocycles. The third-order valence-corrected chi connectivity index (χ3v) is 5.62. The van der Waals surface area contributed by atoms with Gasteiger partial charge in [0.2, 0.25) is 0 Å². The Morgan fingerprint density at radius 2 is 2.16 bits per heavy atom. The van der Waals surface area contributed by atoms with E-state index in [0.29, 0.717) is 6.04 Å². The summed E-state index contributed by atoms with van der Waals surface area (Å²) in [5.41, 5.74) is 1.15. The summed E-state index contributed by atoms with van der Waals surface area (Å²) >= 11 is 5.52. The molecule has 2 heterocycles. The molecule has 2 nitrogen and oxygen atoms in total. The molecule has 19 heavy (non-hydrogen) atoms. The van der Waals surface area contributed by atoms with Crippen molar-refractivity contribution in [2.45, 2.75) is 38.3 Å². The normalized spacial score (nSPS) is 21.6. The van der Waals surface area contributed by atoms with E-state index in [-0.39, 0.29) is 0 Å². The van der Waals surface area contributed by atoms with Crippen molar-refractivity contribution < 1.29 is 0 Å². The van der Waals surface area contributed by atoms with E-state index in [1.807, 2.05) is 11.3 Å². The van der Waals surface area contributed by atoms with Gasteiger partial charge in [0.15, 0.2) is 0 Å². The number of rotatable bonds is 3. The highest BCUT2D eigenvalue weighted by Crippen LogP contribution is 2.25. The first-order chi connectivity index (χ1) is 9.36. The number of alkyl halides is 1. The number of nitrogens with zero attached hydrogens (tertiary/aromatic N) is 2. The van der Waals surface area contributed by atoms with Gasteiger partial charge in [-0.05, 0) is 31.5 Å². The highest BCUT2D eigenvalue weighted by molar-refractivity contribution is 9.09. The lowest BCUT2D eigenvalue weighted by molar-refractivity contribution is 0.209. The van der Waals surface area contributed by atoms with Crippen LogP contribution < -0.4 is 0 Å². The zero-order chi connectivity index (χ0) is 13.1. The number of benzene rings is 1. The van der Waals surface area contributed by atoms with Crippen LogP contribution in [0.5, 0.6) is 0 Å². The summed E-state index contributed by atoms with van der Waals surface area (Å²) in [6.45, 7) is 2.22. The van der Waals surface area contributed by atoms with Crippen molar-refractivity contribution in [3.05, 3.63) is 29.3 Å². The Morgan fingerprint density at radius 3 is 3.00 bits per heavy atom. The maximum atomic E-state index is 4.77. The van der Waals surface area contributed by atoms with Gasteiger partial charge in [0.25, 0.3) is 0 Å². The average molecular weight is 339 g/mol. The standard InChI is InChI=1S/C15H19BrN2S/c16-10-12-6-2-1-5-9-18(12)11-15-17-13-7-3-4-8-14(13)19-15/h3-4,7-8,12H,1-2,5-6,9-11H2. The number of thiazole rings is 1. The fraction of sp³-hybridized carbons (Fsp3) is 0.533. The molecule has 3 rings (SSSR count). The molecule has 1 unspecified atom stereocenters. The second-order valence-electron chi connectivity index (χ2n) is 5.20. The van der Waals surface area contributed by atoms with Gasteiger partial charge in [0.05, 0.1) is 16.8 Å². The van der Waals surface area contributed by atoms with Crippen molar-refractivity contribution in [3.63, 3.8) is 0 Å². The number of para-hydroxylation sites is 1. The molecule has 1 aromatic heterocycles. The third-order valence-electron chi connectivity index (χ3n) is 3.85. The molecule has 0 spiro atoms. The van der Waals surface area contributed by atoms with E-state index >= 15 is 0 Å².